The van der Waals surface area contributed by atoms with Gasteiger partial charge in [-0.15, -0.1) is 18.2 Å². The Morgan fingerprint density at radius 2 is 2.25 bits per heavy atom. The molecule has 1 N–H and O–H groups in total. The third kappa shape index (κ3) is 2.21. The highest BCUT2D eigenvalue weighted by Gasteiger charge is 1.96. The fourth-order valence-corrected chi connectivity index (χ4v) is 1.51. The predicted molar refractivity (Wildman–Crippen MR) is 55.5 cm³/mol. The van der Waals surface area contributed by atoms with Crippen LogP contribution >= 0.6 is 11.8 Å². The van der Waals surface area contributed by atoms with Gasteiger partial charge in [0.2, 0.25) is 0 Å². The second-order valence-corrected chi connectivity index (χ2v) is 3.11. The molecule has 0 saturated carbocycles. The van der Waals surface area contributed by atoms with Gasteiger partial charge < -0.3 is 5.32 Å². The molecule has 0 fully saturated rings. The van der Waals surface area contributed by atoms with Gasteiger partial charge in [0, 0.05) is 10.6 Å². The van der Waals surface area contributed by atoms with E-state index in [2.05, 4.69) is 23.6 Å². The van der Waals surface area contributed by atoms with E-state index in [4.69, 9.17) is 6.42 Å². The van der Waals surface area contributed by atoms with Crippen LogP contribution in [0.3, 0.4) is 0 Å². The molecule has 0 atom stereocenters. The number of rotatable bonds is 3. The van der Waals surface area contributed by atoms with Crippen molar-refractivity contribution in [3.63, 3.8) is 0 Å². The Morgan fingerprint density at radius 3 is 2.92 bits per heavy atom. The number of thioether (sulfide) groups is 1. The zero-order chi connectivity index (χ0) is 8.81. The number of para-hydroxylation sites is 1. The van der Waals surface area contributed by atoms with E-state index < -0.39 is 0 Å². The van der Waals surface area contributed by atoms with Gasteiger partial charge in [0.25, 0.3) is 0 Å². The highest BCUT2D eigenvalue weighted by Crippen LogP contribution is 2.23. The summed E-state index contributed by atoms with van der Waals surface area (Å²) in [5.74, 6) is 2.55. The Bertz CT molecular complexity index is 288. The van der Waals surface area contributed by atoms with Gasteiger partial charge in [0.15, 0.2) is 0 Å². The van der Waals surface area contributed by atoms with Crippen molar-refractivity contribution in [1.29, 1.82) is 0 Å². The first-order valence-electron chi connectivity index (χ1n) is 3.69. The van der Waals surface area contributed by atoms with Gasteiger partial charge >= 0.3 is 0 Å². The smallest absolute Gasteiger partial charge is 0.0763 e. The van der Waals surface area contributed by atoms with Gasteiger partial charge in [0.05, 0.1) is 6.54 Å². The molecule has 0 aliphatic carbocycles. The molecule has 0 radical (unpaired) electrons. The molecule has 1 nitrogen and oxygen atoms in total. The van der Waals surface area contributed by atoms with E-state index in [0.29, 0.717) is 6.54 Å². The molecule has 1 aromatic carbocycles. The molecule has 0 unspecified atom stereocenters. The first-order chi connectivity index (χ1) is 5.88. The third-order valence-electron chi connectivity index (χ3n) is 1.49. The summed E-state index contributed by atoms with van der Waals surface area (Å²) >= 11 is 1.71. The Balaban J connectivity index is 2.76. The van der Waals surface area contributed by atoms with Crippen LogP contribution < -0.4 is 5.32 Å². The Labute approximate surface area is 77.6 Å². The SMILES string of the molecule is C#CCNc1ccccc1SC. The van der Waals surface area contributed by atoms with E-state index in [0.717, 1.165) is 5.69 Å². The summed E-state index contributed by atoms with van der Waals surface area (Å²) in [4.78, 5) is 1.23. The van der Waals surface area contributed by atoms with Gasteiger partial charge in [-0.1, -0.05) is 18.1 Å². The van der Waals surface area contributed by atoms with Crippen molar-refractivity contribution in [2.45, 2.75) is 4.90 Å². The van der Waals surface area contributed by atoms with Crippen LogP contribution in [0.15, 0.2) is 29.2 Å². The highest BCUT2D eigenvalue weighted by atomic mass is 32.2. The van der Waals surface area contributed by atoms with Crippen molar-refractivity contribution in [2.75, 3.05) is 18.1 Å². The fourth-order valence-electron chi connectivity index (χ4n) is 0.937. The molecular weight excluding hydrogens is 166 g/mol. The lowest BCUT2D eigenvalue weighted by atomic mass is 10.3. The summed E-state index contributed by atoms with van der Waals surface area (Å²) in [6.07, 6.45) is 7.20. The summed E-state index contributed by atoms with van der Waals surface area (Å²) in [6.45, 7) is 0.581. The monoisotopic (exact) mass is 177 g/mol. The van der Waals surface area contributed by atoms with Crippen LogP contribution in [-0.2, 0) is 0 Å². The molecule has 0 aliphatic rings. The number of terminal acetylenes is 1. The summed E-state index contributed by atoms with van der Waals surface area (Å²) in [6, 6.07) is 8.12. The first kappa shape index (κ1) is 9.02. The van der Waals surface area contributed by atoms with Gasteiger partial charge in [-0.05, 0) is 18.4 Å². The molecule has 1 aromatic rings. The summed E-state index contributed by atoms with van der Waals surface area (Å²) < 4.78 is 0. The Kier molecular flexibility index (Phi) is 3.56. The Hall–Kier alpha value is -1.07. The quantitative estimate of drug-likeness (QED) is 0.562. The second kappa shape index (κ2) is 4.74. The Morgan fingerprint density at radius 1 is 1.50 bits per heavy atom. The van der Waals surface area contributed by atoms with E-state index in [1.807, 2.05) is 18.2 Å². The number of benzene rings is 1. The van der Waals surface area contributed by atoms with E-state index in [-0.39, 0.29) is 0 Å². The molecule has 0 bridgehead atoms. The van der Waals surface area contributed by atoms with Crippen molar-refractivity contribution in [3.05, 3.63) is 24.3 Å². The minimum Gasteiger partial charge on any atom is -0.373 e. The van der Waals surface area contributed by atoms with Crippen LogP contribution in [0.4, 0.5) is 5.69 Å². The average Bonchev–Trinajstić information content (AvgIpc) is 2.15. The van der Waals surface area contributed by atoms with Crippen LogP contribution in [0.1, 0.15) is 0 Å². The lowest BCUT2D eigenvalue weighted by Gasteiger charge is -2.06. The molecule has 62 valence electrons. The predicted octanol–water partition coefficient (Wildman–Crippen LogP) is 2.45. The topological polar surface area (TPSA) is 12.0 Å². The van der Waals surface area contributed by atoms with Gasteiger partial charge in [-0.2, -0.15) is 0 Å². The minimum absolute atomic E-state index is 0.581. The molecule has 1 rings (SSSR count). The lowest BCUT2D eigenvalue weighted by Crippen LogP contribution is -1.98. The van der Waals surface area contributed by atoms with Crippen molar-refractivity contribution < 1.29 is 0 Å². The maximum Gasteiger partial charge on any atom is 0.0763 e. The molecule has 0 amide bonds. The molecule has 0 saturated heterocycles. The molecule has 0 aliphatic heterocycles. The number of anilines is 1. The normalized spacial score (nSPS) is 9.00. The largest absolute Gasteiger partial charge is 0.373 e. The first-order valence-corrected chi connectivity index (χ1v) is 4.91. The van der Waals surface area contributed by atoms with Crippen LogP contribution in [0.2, 0.25) is 0 Å². The molecule has 0 heterocycles. The van der Waals surface area contributed by atoms with E-state index in [9.17, 15) is 0 Å². The molecular formula is C10H11NS. The van der Waals surface area contributed by atoms with Crippen molar-refractivity contribution in [3.8, 4) is 12.3 Å². The molecule has 0 spiro atoms. The van der Waals surface area contributed by atoms with E-state index >= 15 is 0 Å². The minimum atomic E-state index is 0.581. The van der Waals surface area contributed by atoms with Gasteiger partial charge in [-0.3, -0.25) is 0 Å². The van der Waals surface area contributed by atoms with Gasteiger partial charge in [0.1, 0.15) is 0 Å². The maximum absolute atomic E-state index is 5.15. The van der Waals surface area contributed by atoms with E-state index in [1.54, 1.807) is 11.8 Å². The molecule has 2 heteroatoms. The summed E-state index contributed by atoms with van der Waals surface area (Å²) in [5, 5.41) is 3.16. The zero-order valence-electron chi connectivity index (χ0n) is 7.00. The van der Waals surface area contributed by atoms with Crippen molar-refractivity contribution in [1.82, 2.24) is 0 Å². The summed E-state index contributed by atoms with van der Waals surface area (Å²) in [5.41, 5.74) is 1.11. The third-order valence-corrected chi connectivity index (χ3v) is 2.28. The number of hydrogen-bond donors (Lipinski definition) is 1. The van der Waals surface area contributed by atoms with Crippen molar-refractivity contribution >= 4 is 17.4 Å². The molecule has 0 aromatic heterocycles. The van der Waals surface area contributed by atoms with Gasteiger partial charge in [-0.25, -0.2) is 0 Å². The van der Waals surface area contributed by atoms with Crippen LogP contribution in [0.25, 0.3) is 0 Å². The van der Waals surface area contributed by atoms with Crippen LogP contribution in [0, 0.1) is 12.3 Å². The highest BCUT2D eigenvalue weighted by molar-refractivity contribution is 7.98. The van der Waals surface area contributed by atoms with Crippen LogP contribution in [0.5, 0.6) is 0 Å². The number of nitrogens with one attached hydrogen (secondary N) is 1. The van der Waals surface area contributed by atoms with Crippen molar-refractivity contribution in [2.24, 2.45) is 0 Å². The zero-order valence-corrected chi connectivity index (χ0v) is 7.82. The second-order valence-electron chi connectivity index (χ2n) is 2.26. The standard InChI is InChI=1S/C10H11NS/c1-3-8-11-9-6-4-5-7-10(9)12-2/h1,4-7,11H,8H2,2H3. The fraction of sp³-hybridized carbons (Fsp3) is 0.200. The van der Waals surface area contributed by atoms with E-state index in [1.165, 1.54) is 4.90 Å². The molecule has 12 heavy (non-hydrogen) atoms. The maximum atomic E-state index is 5.15. The average molecular weight is 177 g/mol. The lowest BCUT2D eigenvalue weighted by molar-refractivity contribution is 1.31. The summed E-state index contributed by atoms with van der Waals surface area (Å²) in [7, 11) is 0. The van der Waals surface area contributed by atoms with Crippen LogP contribution in [-0.4, -0.2) is 12.8 Å². The number of hydrogen-bond acceptors (Lipinski definition) is 2.